The lowest BCUT2D eigenvalue weighted by atomic mass is 10.3. The highest BCUT2D eigenvalue weighted by atomic mass is 19.1. The van der Waals surface area contributed by atoms with Crippen molar-refractivity contribution in [2.24, 2.45) is 0 Å². The molecule has 0 unspecified atom stereocenters. The summed E-state index contributed by atoms with van der Waals surface area (Å²) in [5.41, 5.74) is 1.70. The van der Waals surface area contributed by atoms with Gasteiger partial charge < -0.3 is 4.57 Å². The molecule has 3 heteroatoms. The lowest BCUT2D eigenvalue weighted by Crippen LogP contribution is -1.90. The minimum Gasteiger partial charge on any atom is -0.331 e. The molecule has 0 aliphatic rings. The predicted octanol–water partition coefficient (Wildman–Crippen LogP) is 2.20. The molecule has 2 nitrogen and oxygen atoms in total. The third kappa shape index (κ3) is 0.978. The van der Waals surface area contributed by atoms with Crippen molar-refractivity contribution in [1.29, 1.82) is 0 Å². The van der Waals surface area contributed by atoms with Gasteiger partial charge in [0.25, 0.3) is 0 Å². The van der Waals surface area contributed by atoms with Crippen LogP contribution in [0.4, 0.5) is 4.39 Å². The van der Waals surface area contributed by atoms with Gasteiger partial charge in [0, 0.05) is 12.6 Å². The number of hydrogen-bond acceptors (Lipinski definition) is 1. The second-order valence-corrected chi connectivity index (χ2v) is 2.66. The highest BCUT2D eigenvalue weighted by molar-refractivity contribution is 5.75. The number of aromatic nitrogens is 2. The van der Waals surface area contributed by atoms with Gasteiger partial charge in [0.05, 0.1) is 17.4 Å². The first-order valence-electron chi connectivity index (χ1n) is 3.91. The van der Waals surface area contributed by atoms with Crippen LogP contribution in [0.3, 0.4) is 0 Å². The van der Waals surface area contributed by atoms with Crippen LogP contribution < -0.4 is 0 Å². The van der Waals surface area contributed by atoms with Crippen LogP contribution in [0, 0.1) is 5.82 Å². The highest BCUT2D eigenvalue weighted by Gasteiger charge is 2.00. The van der Waals surface area contributed by atoms with E-state index < -0.39 is 0 Å². The smallest absolute Gasteiger partial charge is 0.125 e. The second-order valence-electron chi connectivity index (χ2n) is 2.66. The molecule has 62 valence electrons. The number of aryl methyl sites for hydroxylation is 1. The summed E-state index contributed by atoms with van der Waals surface area (Å²) in [6, 6.07) is 4.65. The van der Waals surface area contributed by atoms with Gasteiger partial charge in [-0.3, -0.25) is 0 Å². The second kappa shape index (κ2) is 2.59. The molecule has 1 aromatic carbocycles. The maximum Gasteiger partial charge on any atom is 0.125 e. The van der Waals surface area contributed by atoms with E-state index >= 15 is 0 Å². The summed E-state index contributed by atoms with van der Waals surface area (Å²) in [6.45, 7) is 2.90. The van der Waals surface area contributed by atoms with Crippen molar-refractivity contribution in [3.63, 3.8) is 0 Å². The SMILES string of the molecule is CCn1cnc2cc(F)ccc21. The fourth-order valence-corrected chi connectivity index (χ4v) is 1.29. The molecule has 0 atom stereocenters. The van der Waals surface area contributed by atoms with Gasteiger partial charge in [0.15, 0.2) is 0 Å². The van der Waals surface area contributed by atoms with Crippen molar-refractivity contribution in [3.05, 3.63) is 30.3 Å². The molecule has 0 aliphatic carbocycles. The van der Waals surface area contributed by atoms with Gasteiger partial charge in [-0.05, 0) is 19.1 Å². The number of nitrogens with zero attached hydrogens (tertiary/aromatic N) is 2. The third-order valence-corrected chi connectivity index (χ3v) is 1.92. The summed E-state index contributed by atoms with van der Waals surface area (Å²) in [5.74, 6) is -0.233. The molecule has 0 aliphatic heterocycles. The van der Waals surface area contributed by atoms with Crippen molar-refractivity contribution in [2.75, 3.05) is 0 Å². The molecule has 0 N–H and O–H groups in total. The third-order valence-electron chi connectivity index (χ3n) is 1.92. The van der Waals surface area contributed by atoms with Crippen LogP contribution in [0.1, 0.15) is 6.92 Å². The van der Waals surface area contributed by atoms with Gasteiger partial charge in [-0.15, -0.1) is 0 Å². The molecule has 0 radical (unpaired) electrons. The van der Waals surface area contributed by atoms with E-state index in [4.69, 9.17) is 0 Å². The molecular weight excluding hydrogens is 155 g/mol. The fourth-order valence-electron chi connectivity index (χ4n) is 1.29. The lowest BCUT2D eigenvalue weighted by molar-refractivity contribution is 0.629. The molecule has 0 saturated carbocycles. The Hall–Kier alpha value is -1.38. The Balaban J connectivity index is 2.73. The molecule has 12 heavy (non-hydrogen) atoms. The fraction of sp³-hybridized carbons (Fsp3) is 0.222. The van der Waals surface area contributed by atoms with Crippen molar-refractivity contribution in [3.8, 4) is 0 Å². The normalized spacial score (nSPS) is 10.8. The summed E-state index contributed by atoms with van der Waals surface area (Å²) < 4.78 is 14.7. The van der Waals surface area contributed by atoms with Gasteiger partial charge in [-0.25, -0.2) is 9.37 Å². The first kappa shape index (κ1) is 7.28. The quantitative estimate of drug-likeness (QED) is 0.631. The van der Waals surface area contributed by atoms with Crippen LogP contribution in [0.15, 0.2) is 24.5 Å². The van der Waals surface area contributed by atoms with Crippen LogP contribution in [-0.4, -0.2) is 9.55 Å². The Labute approximate surface area is 69.6 Å². The summed E-state index contributed by atoms with van der Waals surface area (Å²) in [7, 11) is 0. The van der Waals surface area contributed by atoms with E-state index in [1.165, 1.54) is 12.1 Å². The first-order chi connectivity index (χ1) is 5.81. The Morgan fingerprint density at radius 1 is 1.50 bits per heavy atom. The van der Waals surface area contributed by atoms with E-state index in [9.17, 15) is 4.39 Å². The molecule has 0 amide bonds. The van der Waals surface area contributed by atoms with Crippen molar-refractivity contribution >= 4 is 11.0 Å². The molecule has 0 bridgehead atoms. The molecule has 2 rings (SSSR count). The molecule has 0 saturated heterocycles. The predicted molar refractivity (Wildman–Crippen MR) is 45.4 cm³/mol. The van der Waals surface area contributed by atoms with Gasteiger partial charge >= 0.3 is 0 Å². The van der Waals surface area contributed by atoms with Crippen LogP contribution in [0.25, 0.3) is 11.0 Å². The largest absolute Gasteiger partial charge is 0.331 e. The van der Waals surface area contributed by atoms with Crippen molar-refractivity contribution < 1.29 is 4.39 Å². The summed E-state index contributed by atoms with van der Waals surface area (Å²) in [5, 5.41) is 0. The average Bonchev–Trinajstić information content (AvgIpc) is 2.46. The van der Waals surface area contributed by atoms with E-state index in [0.717, 1.165) is 17.6 Å². The maximum absolute atomic E-state index is 12.7. The number of rotatable bonds is 1. The first-order valence-corrected chi connectivity index (χ1v) is 3.91. The zero-order valence-electron chi connectivity index (χ0n) is 6.79. The standard InChI is InChI=1S/C9H9FN2/c1-2-12-6-11-8-5-7(10)3-4-9(8)12/h3-6H,2H2,1H3. The minimum atomic E-state index is -0.233. The Morgan fingerprint density at radius 3 is 3.08 bits per heavy atom. The molecule has 0 fully saturated rings. The number of hydrogen-bond donors (Lipinski definition) is 0. The summed E-state index contributed by atoms with van der Waals surface area (Å²) in [6.07, 6.45) is 1.73. The monoisotopic (exact) mass is 164 g/mol. The van der Waals surface area contributed by atoms with Gasteiger partial charge in [0.2, 0.25) is 0 Å². The molecule has 2 aromatic rings. The zero-order valence-corrected chi connectivity index (χ0v) is 6.79. The van der Waals surface area contributed by atoms with Crippen LogP contribution in [-0.2, 0) is 6.54 Å². The molecular formula is C9H9FN2. The van der Waals surface area contributed by atoms with E-state index in [1.807, 2.05) is 11.5 Å². The van der Waals surface area contributed by atoms with E-state index in [0.29, 0.717) is 0 Å². The zero-order chi connectivity index (χ0) is 8.55. The number of benzene rings is 1. The van der Waals surface area contributed by atoms with E-state index in [1.54, 1.807) is 12.4 Å². The average molecular weight is 164 g/mol. The van der Waals surface area contributed by atoms with E-state index in [2.05, 4.69) is 4.98 Å². The lowest BCUT2D eigenvalue weighted by Gasteiger charge is -1.96. The van der Waals surface area contributed by atoms with Gasteiger partial charge in [-0.2, -0.15) is 0 Å². The Bertz CT molecular complexity index is 406. The summed E-state index contributed by atoms with van der Waals surface area (Å²) >= 11 is 0. The molecule has 1 heterocycles. The Kier molecular flexibility index (Phi) is 1.57. The number of halogens is 1. The molecule has 1 aromatic heterocycles. The van der Waals surface area contributed by atoms with Crippen LogP contribution >= 0.6 is 0 Å². The maximum atomic E-state index is 12.7. The van der Waals surface area contributed by atoms with Crippen molar-refractivity contribution in [1.82, 2.24) is 9.55 Å². The van der Waals surface area contributed by atoms with Crippen LogP contribution in [0.5, 0.6) is 0 Å². The topological polar surface area (TPSA) is 17.8 Å². The van der Waals surface area contributed by atoms with Crippen molar-refractivity contribution in [2.45, 2.75) is 13.5 Å². The number of imidazole rings is 1. The Morgan fingerprint density at radius 2 is 2.33 bits per heavy atom. The summed E-state index contributed by atoms with van der Waals surface area (Å²) in [4.78, 5) is 4.07. The minimum absolute atomic E-state index is 0.233. The number of fused-ring (bicyclic) bond motifs is 1. The van der Waals surface area contributed by atoms with Gasteiger partial charge in [0.1, 0.15) is 5.82 Å². The van der Waals surface area contributed by atoms with Crippen LogP contribution in [0.2, 0.25) is 0 Å². The van der Waals surface area contributed by atoms with Gasteiger partial charge in [-0.1, -0.05) is 0 Å². The highest BCUT2D eigenvalue weighted by Crippen LogP contribution is 2.13. The van der Waals surface area contributed by atoms with E-state index in [-0.39, 0.29) is 5.82 Å². The molecule has 0 spiro atoms.